The number of thioether (sulfide) groups is 1. The molecule has 146 valence electrons. The van der Waals surface area contributed by atoms with Gasteiger partial charge in [-0.25, -0.2) is 0 Å². The minimum Gasteiger partial charge on any atom is -0.462 e. The molecular weight excluding hydrogens is 344 g/mol. The first kappa shape index (κ1) is 23.7. The summed E-state index contributed by atoms with van der Waals surface area (Å²) in [6.45, 7) is 8.84. The van der Waals surface area contributed by atoms with E-state index < -0.39 is 24.1 Å². The van der Waals surface area contributed by atoms with Gasteiger partial charge in [0.25, 0.3) is 0 Å². The molecule has 0 fully saturated rings. The summed E-state index contributed by atoms with van der Waals surface area (Å²) in [5, 5.41) is 2.91. The van der Waals surface area contributed by atoms with Crippen LogP contribution in [0, 0.1) is 5.92 Å². The van der Waals surface area contributed by atoms with Crippen molar-refractivity contribution in [3.63, 3.8) is 0 Å². The molecule has 7 nitrogen and oxygen atoms in total. The smallest absolute Gasteiger partial charge is 0.303 e. The molecule has 0 aromatic heterocycles. The summed E-state index contributed by atoms with van der Waals surface area (Å²) in [4.78, 5) is 34.0. The van der Waals surface area contributed by atoms with Crippen molar-refractivity contribution in [2.75, 3.05) is 18.1 Å². The Morgan fingerprint density at radius 1 is 1.04 bits per heavy atom. The van der Waals surface area contributed by atoms with Crippen LogP contribution in [0.15, 0.2) is 0 Å². The van der Waals surface area contributed by atoms with E-state index in [1.165, 1.54) is 25.6 Å². The van der Waals surface area contributed by atoms with Crippen molar-refractivity contribution in [3.05, 3.63) is 0 Å². The van der Waals surface area contributed by atoms with Crippen molar-refractivity contribution >= 4 is 29.6 Å². The Bertz CT molecular complexity index is 431. The normalized spacial score (nSPS) is 14.5. The molecular formula is C17H32N2O5S. The van der Waals surface area contributed by atoms with Gasteiger partial charge in [-0.05, 0) is 25.7 Å². The molecule has 0 aromatic carbocycles. The molecule has 0 radical (unpaired) electrons. The van der Waals surface area contributed by atoms with Crippen LogP contribution in [0.4, 0.5) is 0 Å². The molecule has 1 unspecified atom stereocenters. The van der Waals surface area contributed by atoms with E-state index in [-0.39, 0.29) is 18.6 Å². The van der Waals surface area contributed by atoms with Gasteiger partial charge >= 0.3 is 11.9 Å². The van der Waals surface area contributed by atoms with Gasteiger partial charge in [-0.3, -0.25) is 14.4 Å². The minimum atomic E-state index is -0.641. The minimum absolute atomic E-state index is 0.00438. The number of nitrogens with one attached hydrogen (secondary N) is 1. The molecule has 3 atom stereocenters. The lowest BCUT2D eigenvalue weighted by atomic mass is 10.0. The van der Waals surface area contributed by atoms with Crippen LogP contribution >= 0.6 is 11.8 Å². The summed E-state index contributed by atoms with van der Waals surface area (Å²) in [6.07, 6.45) is 1.41. The lowest BCUT2D eigenvalue weighted by molar-refractivity contribution is -0.154. The molecule has 0 saturated heterocycles. The number of hydrogen-bond donors (Lipinski definition) is 2. The van der Waals surface area contributed by atoms with Crippen LogP contribution in [0.5, 0.6) is 0 Å². The summed E-state index contributed by atoms with van der Waals surface area (Å²) in [5.41, 5.74) is 5.91. The lowest BCUT2D eigenvalue weighted by Crippen LogP contribution is -2.46. The van der Waals surface area contributed by atoms with E-state index in [0.717, 1.165) is 12.8 Å². The topological polar surface area (TPSA) is 108 Å². The first-order chi connectivity index (χ1) is 11.6. The van der Waals surface area contributed by atoms with Gasteiger partial charge in [0.1, 0.15) is 12.7 Å². The van der Waals surface area contributed by atoms with Crippen LogP contribution in [-0.4, -0.2) is 54.1 Å². The van der Waals surface area contributed by atoms with Crippen molar-refractivity contribution in [3.8, 4) is 0 Å². The molecule has 0 saturated carbocycles. The largest absolute Gasteiger partial charge is 0.462 e. The van der Waals surface area contributed by atoms with Crippen LogP contribution in [0.3, 0.4) is 0 Å². The van der Waals surface area contributed by atoms with Gasteiger partial charge in [0.2, 0.25) is 5.91 Å². The highest BCUT2D eigenvalue weighted by molar-refractivity contribution is 7.99. The second-order valence-electron chi connectivity index (χ2n) is 6.56. The number of ether oxygens (including phenoxy) is 2. The van der Waals surface area contributed by atoms with Gasteiger partial charge in [-0.2, -0.15) is 11.8 Å². The zero-order valence-corrected chi connectivity index (χ0v) is 16.7. The molecule has 0 aliphatic carbocycles. The summed E-state index contributed by atoms with van der Waals surface area (Å²) in [6, 6.07) is -0.554. The highest BCUT2D eigenvalue weighted by atomic mass is 32.2. The van der Waals surface area contributed by atoms with Crippen LogP contribution < -0.4 is 11.1 Å². The third kappa shape index (κ3) is 13.7. The van der Waals surface area contributed by atoms with E-state index in [2.05, 4.69) is 19.2 Å². The second-order valence-corrected chi connectivity index (χ2v) is 7.63. The van der Waals surface area contributed by atoms with E-state index in [1.54, 1.807) is 0 Å². The van der Waals surface area contributed by atoms with E-state index in [9.17, 15) is 14.4 Å². The number of nitrogens with two attached hydrogens (primary N) is 1. The van der Waals surface area contributed by atoms with Crippen molar-refractivity contribution in [1.82, 2.24) is 5.32 Å². The molecule has 0 aromatic rings. The standard InChI is InChI=1S/C17H32N2O5S/c1-11(2)6-7-12(3)19-17(22)16(18)10-25-9-15(24-14(5)21)8-23-13(4)20/h11-12,15-16H,6-10,18H2,1-5H3,(H,19,22)/t12?,15-,16+/m1/s1. The zero-order valence-electron chi connectivity index (χ0n) is 15.9. The summed E-state index contributed by atoms with van der Waals surface area (Å²) < 4.78 is 9.95. The van der Waals surface area contributed by atoms with Crippen molar-refractivity contribution in [2.45, 2.75) is 65.6 Å². The number of hydrogen-bond acceptors (Lipinski definition) is 7. The summed E-state index contributed by atoms with van der Waals surface area (Å²) >= 11 is 1.38. The van der Waals surface area contributed by atoms with E-state index in [1.807, 2.05) is 6.92 Å². The fraction of sp³-hybridized carbons (Fsp3) is 0.824. The van der Waals surface area contributed by atoms with Gasteiger partial charge in [-0.15, -0.1) is 0 Å². The lowest BCUT2D eigenvalue weighted by Gasteiger charge is -2.19. The van der Waals surface area contributed by atoms with Crippen molar-refractivity contribution in [1.29, 1.82) is 0 Å². The van der Waals surface area contributed by atoms with E-state index in [0.29, 0.717) is 17.4 Å². The van der Waals surface area contributed by atoms with Crippen LogP contribution in [-0.2, 0) is 23.9 Å². The molecule has 0 bridgehead atoms. The van der Waals surface area contributed by atoms with Gasteiger partial charge in [-0.1, -0.05) is 13.8 Å². The monoisotopic (exact) mass is 376 g/mol. The van der Waals surface area contributed by atoms with Gasteiger partial charge in [0, 0.05) is 31.4 Å². The molecule has 0 aliphatic heterocycles. The predicted molar refractivity (Wildman–Crippen MR) is 99.2 cm³/mol. The van der Waals surface area contributed by atoms with Gasteiger partial charge in [0.05, 0.1) is 6.04 Å². The maximum atomic E-state index is 12.1. The second kappa shape index (κ2) is 13.0. The first-order valence-electron chi connectivity index (χ1n) is 8.56. The number of amides is 1. The number of rotatable bonds is 12. The van der Waals surface area contributed by atoms with Crippen LogP contribution in [0.1, 0.15) is 47.5 Å². The van der Waals surface area contributed by atoms with Gasteiger partial charge in [0.15, 0.2) is 0 Å². The molecule has 0 heterocycles. The quantitative estimate of drug-likeness (QED) is 0.497. The highest BCUT2D eigenvalue weighted by Crippen LogP contribution is 2.10. The molecule has 0 aliphatic rings. The SMILES string of the molecule is CC(=O)OC[C@H](CSC[C@H](N)C(=O)NC(C)CCC(C)C)OC(C)=O. The molecule has 25 heavy (non-hydrogen) atoms. The number of esters is 2. The Morgan fingerprint density at radius 3 is 2.20 bits per heavy atom. The third-order valence-electron chi connectivity index (χ3n) is 3.31. The maximum absolute atomic E-state index is 12.1. The van der Waals surface area contributed by atoms with Crippen molar-refractivity contribution in [2.24, 2.45) is 11.7 Å². The van der Waals surface area contributed by atoms with Crippen molar-refractivity contribution < 1.29 is 23.9 Å². The Morgan fingerprint density at radius 2 is 1.68 bits per heavy atom. The molecule has 3 N–H and O–H groups in total. The Balaban J connectivity index is 4.17. The average molecular weight is 377 g/mol. The molecule has 8 heteroatoms. The molecule has 0 spiro atoms. The maximum Gasteiger partial charge on any atom is 0.303 e. The fourth-order valence-electron chi connectivity index (χ4n) is 1.97. The third-order valence-corrected chi connectivity index (χ3v) is 4.51. The van der Waals surface area contributed by atoms with E-state index >= 15 is 0 Å². The number of carbonyl (C=O) groups is 3. The zero-order chi connectivity index (χ0) is 19.4. The number of carbonyl (C=O) groups excluding carboxylic acids is 3. The van der Waals surface area contributed by atoms with Crippen LogP contribution in [0.25, 0.3) is 0 Å². The van der Waals surface area contributed by atoms with Gasteiger partial charge < -0.3 is 20.5 Å². The summed E-state index contributed by atoms with van der Waals surface area (Å²) in [5.74, 6) is 0.316. The van der Waals surface area contributed by atoms with E-state index in [4.69, 9.17) is 15.2 Å². The Labute approximate surface area is 154 Å². The predicted octanol–water partition coefficient (Wildman–Crippen LogP) is 1.48. The van der Waals surface area contributed by atoms with Crippen LogP contribution in [0.2, 0.25) is 0 Å². The Hall–Kier alpha value is -1.28. The highest BCUT2D eigenvalue weighted by Gasteiger charge is 2.19. The molecule has 1 amide bonds. The summed E-state index contributed by atoms with van der Waals surface area (Å²) in [7, 11) is 0. The average Bonchev–Trinajstić information content (AvgIpc) is 2.49. The Kier molecular flexibility index (Phi) is 12.3. The molecule has 0 rings (SSSR count). The first-order valence-corrected chi connectivity index (χ1v) is 9.71. The fourth-order valence-corrected chi connectivity index (χ4v) is 2.94.